The molecule has 16 heavy (non-hydrogen) atoms. The van der Waals surface area contributed by atoms with E-state index in [9.17, 15) is 0 Å². The molecule has 1 fully saturated rings. The fourth-order valence-corrected chi connectivity index (χ4v) is 2.03. The molecule has 0 amide bonds. The van der Waals surface area contributed by atoms with E-state index >= 15 is 0 Å². The van der Waals surface area contributed by atoms with E-state index in [0.717, 1.165) is 18.0 Å². The van der Waals surface area contributed by atoms with Crippen LogP contribution in [0.5, 0.6) is 11.5 Å². The number of morpholine rings is 1. The van der Waals surface area contributed by atoms with E-state index in [1.54, 1.807) is 0 Å². The Morgan fingerprint density at radius 2 is 2.12 bits per heavy atom. The maximum Gasteiger partial charge on any atom is 0.231 e. The maximum atomic E-state index is 5.63. The van der Waals surface area contributed by atoms with Gasteiger partial charge in [0.15, 0.2) is 11.5 Å². The normalized spacial score (nSPS) is 28.1. The lowest BCUT2D eigenvalue weighted by molar-refractivity contribution is 0.0149. The first-order chi connectivity index (χ1) is 7.83. The second-order valence-corrected chi connectivity index (χ2v) is 4.22. The Balaban J connectivity index is 1.79. The van der Waals surface area contributed by atoms with Crippen LogP contribution in [0.2, 0.25) is 0 Å². The predicted octanol–water partition coefficient (Wildman–Crippen LogP) is 1.46. The fraction of sp³-hybridized carbons (Fsp3) is 0.500. The maximum absolute atomic E-state index is 5.63. The zero-order valence-corrected chi connectivity index (χ0v) is 9.23. The van der Waals surface area contributed by atoms with Gasteiger partial charge in [-0.3, -0.25) is 0 Å². The van der Waals surface area contributed by atoms with E-state index in [1.807, 2.05) is 12.1 Å². The molecule has 2 aliphatic rings. The highest BCUT2D eigenvalue weighted by Crippen LogP contribution is 2.34. The van der Waals surface area contributed by atoms with Crippen molar-refractivity contribution in [2.45, 2.75) is 19.1 Å². The smallest absolute Gasteiger partial charge is 0.231 e. The number of nitrogens with one attached hydrogen (secondary N) is 1. The summed E-state index contributed by atoms with van der Waals surface area (Å²) in [5, 5.41) is 3.45. The fourth-order valence-electron chi connectivity index (χ4n) is 2.03. The summed E-state index contributed by atoms with van der Waals surface area (Å²) in [7, 11) is 0. The molecule has 2 atom stereocenters. The summed E-state index contributed by atoms with van der Waals surface area (Å²) in [6.07, 6.45) is 0.297. The summed E-state index contributed by atoms with van der Waals surface area (Å²) in [5.74, 6) is 1.66. The van der Waals surface area contributed by atoms with Crippen molar-refractivity contribution >= 4 is 0 Å². The van der Waals surface area contributed by atoms with Gasteiger partial charge in [-0.05, 0) is 24.6 Å². The van der Waals surface area contributed by atoms with Crippen molar-refractivity contribution < 1.29 is 14.2 Å². The minimum atomic E-state index is 0.255. The van der Waals surface area contributed by atoms with Gasteiger partial charge in [-0.1, -0.05) is 6.07 Å². The van der Waals surface area contributed by atoms with Gasteiger partial charge < -0.3 is 19.5 Å². The minimum Gasteiger partial charge on any atom is -0.454 e. The largest absolute Gasteiger partial charge is 0.454 e. The van der Waals surface area contributed by atoms with Crippen LogP contribution in [0.3, 0.4) is 0 Å². The van der Waals surface area contributed by atoms with Crippen LogP contribution in [0.1, 0.15) is 18.5 Å². The third kappa shape index (κ3) is 1.74. The Morgan fingerprint density at radius 1 is 1.25 bits per heavy atom. The summed E-state index contributed by atoms with van der Waals surface area (Å²) >= 11 is 0. The van der Waals surface area contributed by atoms with Crippen LogP contribution in [0, 0.1) is 0 Å². The van der Waals surface area contributed by atoms with Crippen LogP contribution in [0.25, 0.3) is 0 Å². The number of rotatable bonds is 1. The monoisotopic (exact) mass is 221 g/mol. The first kappa shape index (κ1) is 9.93. The molecule has 0 aliphatic carbocycles. The summed E-state index contributed by atoms with van der Waals surface area (Å²) < 4.78 is 16.3. The lowest BCUT2D eigenvalue weighted by atomic mass is 10.1. The van der Waals surface area contributed by atoms with E-state index in [2.05, 4.69) is 18.3 Å². The third-order valence-corrected chi connectivity index (χ3v) is 3.00. The van der Waals surface area contributed by atoms with Gasteiger partial charge in [0.25, 0.3) is 0 Å². The molecular weight excluding hydrogens is 206 g/mol. The zero-order chi connectivity index (χ0) is 11.0. The molecule has 2 heterocycles. The molecule has 1 N–H and O–H groups in total. The van der Waals surface area contributed by atoms with Crippen molar-refractivity contribution in [2.75, 3.05) is 19.9 Å². The lowest BCUT2D eigenvalue weighted by Crippen LogP contribution is -2.39. The van der Waals surface area contributed by atoms with Crippen molar-refractivity contribution in [3.05, 3.63) is 23.8 Å². The highest BCUT2D eigenvalue weighted by Gasteiger charge is 2.22. The van der Waals surface area contributed by atoms with Gasteiger partial charge in [-0.25, -0.2) is 0 Å². The zero-order valence-electron chi connectivity index (χ0n) is 9.23. The topological polar surface area (TPSA) is 39.7 Å². The van der Waals surface area contributed by atoms with Gasteiger partial charge in [0, 0.05) is 6.54 Å². The highest BCUT2D eigenvalue weighted by molar-refractivity contribution is 5.45. The second-order valence-electron chi connectivity index (χ2n) is 4.22. The summed E-state index contributed by atoms with van der Waals surface area (Å²) in [6.45, 7) is 3.99. The SMILES string of the molecule is CC1CNC(c2ccc3c(c2)OCO3)CO1. The molecule has 3 rings (SSSR count). The van der Waals surface area contributed by atoms with Crippen LogP contribution in [0.15, 0.2) is 18.2 Å². The molecule has 1 aromatic carbocycles. The van der Waals surface area contributed by atoms with Gasteiger partial charge in [-0.15, -0.1) is 0 Å². The summed E-state index contributed by atoms with van der Waals surface area (Å²) in [4.78, 5) is 0. The molecule has 1 saturated heterocycles. The molecule has 0 bridgehead atoms. The van der Waals surface area contributed by atoms with Crippen molar-refractivity contribution in [2.24, 2.45) is 0 Å². The van der Waals surface area contributed by atoms with Crippen molar-refractivity contribution in [3.8, 4) is 11.5 Å². The van der Waals surface area contributed by atoms with Crippen molar-refractivity contribution in [1.82, 2.24) is 5.32 Å². The number of ether oxygens (including phenoxy) is 3. The van der Waals surface area contributed by atoms with E-state index in [-0.39, 0.29) is 6.04 Å². The Morgan fingerprint density at radius 3 is 2.94 bits per heavy atom. The lowest BCUT2D eigenvalue weighted by Gasteiger charge is -2.28. The van der Waals surface area contributed by atoms with Crippen LogP contribution >= 0.6 is 0 Å². The van der Waals surface area contributed by atoms with Gasteiger partial charge in [0.1, 0.15) is 0 Å². The molecule has 0 spiro atoms. The Labute approximate surface area is 94.5 Å². The van der Waals surface area contributed by atoms with E-state index in [1.165, 1.54) is 5.56 Å². The molecule has 4 heteroatoms. The van der Waals surface area contributed by atoms with Crippen molar-refractivity contribution in [3.63, 3.8) is 0 Å². The quantitative estimate of drug-likeness (QED) is 0.779. The highest BCUT2D eigenvalue weighted by atomic mass is 16.7. The van der Waals surface area contributed by atoms with Crippen molar-refractivity contribution in [1.29, 1.82) is 0 Å². The van der Waals surface area contributed by atoms with Gasteiger partial charge >= 0.3 is 0 Å². The summed E-state index contributed by atoms with van der Waals surface area (Å²) in [6, 6.07) is 6.30. The van der Waals surface area contributed by atoms with E-state index in [0.29, 0.717) is 19.5 Å². The Bertz CT molecular complexity index is 386. The third-order valence-electron chi connectivity index (χ3n) is 3.00. The average Bonchev–Trinajstić information content (AvgIpc) is 2.77. The molecule has 2 aliphatic heterocycles. The predicted molar refractivity (Wildman–Crippen MR) is 58.7 cm³/mol. The Kier molecular flexibility index (Phi) is 2.46. The second kappa shape index (κ2) is 3.96. The van der Waals surface area contributed by atoms with Gasteiger partial charge in [-0.2, -0.15) is 0 Å². The molecule has 0 radical (unpaired) electrons. The first-order valence-corrected chi connectivity index (χ1v) is 5.57. The molecular formula is C12H15NO3. The molecule has 0 aromatic heterocycles. The molecule has 86 valence electrons. The molecule has 4 nitrogen and oxygen atoms in total. The minimum absolute atomic E-state index is 0.255. The summed E-state index contributed by atoms with van der Waals surface area (Å²) in [5.41, 5.74) is 1.19. The molecule has 1 aromatic rings. The number of benzene rings is 1. The van der Waals surface area contributed by atoms with Crippen LogP contribution in [0.4, 0.5) is 0 Å². The van der Waals surface area contributed by atoms with Crippen LogP contribution in [-0.4, -0.2) is 26.0 Å². The number of hydrogen-bond donors (Lipinski definition) is 1. The number of fused-ring (bicyclic) bond motifs is 1. The van der Waals surface area contributed by atoms with E-state index < -0.39 is 0 Å². The standard InChI is InChI=1S/C12H15NO3/c1-8-5-13-10(6-14-8)9-2-3-11-12(4-9)16-7-15-11/h2-4,8,10,13H,5-7H2,1H3. The van der Waals surface area contributed by atoms with Gasteiger partial charge in [0.05, 0.1) is 18.8 Å². The van der Waals surface area contributed by atoms with E-state index in [4.69, 9.17) is 14.2 Å². The molecule has 2 unspecified atom stereocenters. The van der Waals surface area contributed by atoms with Gasteiger partial charge in [0.2, 0.25) is 6.79 Å². The van der Waals surface area contributed by atoms with Crippen LogP contribution in [-0.2, 0) is 4.74 Å². The first-order valence-electron chi connectivity index (χ1n) is 5.57. The molecule has 0 saturated carbocycles. The van der Waals surface area contributed by atoms with Crippen LogP contribution < -0.4 is 14.8 Å². The Hall–Kier alpha value is -1.26. The number of hydrogen-bond acceptors (Lipinski definition) is 4. The average molecular weight is 221 g/mol.